The van der Waals surface area contributed by atoms with E-state index in [4.69, 9.17) is 4.74 Å². The molecular formula is C28H32N4O3. The number of urea groups is 1. The lowest BCUT2D eigenvalue weighted by atomic mass is 9.87. The van der Waals surface area contributed by atoms with Crippen molar-refractivity contribution in [2.45, 2.75) is 25.4 Å². The van der Waals surface area contributed by atoms with Gasteiger partial charge in [-0.1, -0.05) is 61.5 Å². The predicted octanol–water partition coefficient (Wildman–Crippen LogP) is 3.78. The van der Waals surface area contributed by atoms with Crippen molar-refractivity contribution in [3.05, 3.63) is 77.9 Å². The SMILES string of the molecule is CCC1(c2ccc(OC)cc2)NC(=O)N(CN2CCN(Cc3cccc4ccccc34)CC2)C1=O. The molecule has 1 unspecified atom stereocenters. The molecular weight excluding hydrogens is 440 g/mol. The Morgan fingerprint density at radius 3 is 2.29 bits per heavy atom. The second kappa shape index (κ2) is 9.68. The first-order valence-electron chi connectivity index (χ1n) is 12.2. The van der Waals surface area contributed by atoms with Gasteiger partial charge in [0.2, 0.25) is 0 Å². The molecule has 182 valence electrons. The second-order valence-corrected chi connectivity index (χ2v) is 9.32. The fourth-order valence-electron chi connectivity index (χ4n) is 5.23. The Balaban J connectivity index is 1.22. The Morgan fingerprint density at radius 2 is 1.57 bits per heavy atom. The zero-order valence-electron chi connectivity index (χ0n) is 20.4. The van der Waals surface area contributed by atoms with E-state index in [1.165, 1.54) is 21.2 Å². The molecule has 2 aliphatic rings. The molecule has 2 fully saturated rings. The first-order chi connectivity index (χ1) is 17.0. The van der Waals surface area contributed by atoms with E-state index in [-0.39, 0.29) is 11.9 Å². The second-order valence-electron chi connectivity index (χ2n) is 9.32. The third-order valence-corrected chi connectivity index (χ3v) is 7.37. The van der Waals surface area contributed by atoms with Crippen molar-refractivity contribution in [2.75, 3.05) is 40.0 Å². The summed E-state index contributed by atoms with van der Waals surface area (Å²) in [4.78, 5) is 32.4. The molecule has 3 aromatic carbocycles. The van der Waals surface area contributed by atoms with Gasteiger partial charge in [-0.2, -0.15) is 0 Å². The van der Waals surface area contributed by atoms with Crippen LogP contribution in [0.15, 0.2) is 66.7 Å². The molecule has 2 saturated heterocycles. The highest BCUT2D eigenvalue weighted by molar-refractivity contribution is 6.07. The lowest BCUT2D eigenvalue weighted by Gasteiger charge is -2.36. The van der Waals surface area contributed by atoms with Crippen molar-refractivity contribution < 1.29 is 14.3 Å². The minimum Gasteiger partial charge on any atom is -0.497 e. The largest absolute Gasteiger partial charge is 0.497 e. The summed E-state index contributed by atoms with van der Waals surface area (Å²) >= 11 is 0. The topological polar surface area (TPSA) is 65.1 Å². The standard InChI is InChI=1S/C28H32N4O3/c1-3-28(23-11-13-24(35-2)14-12-23)26(33)32(27(34)29-28)20-31-17-15-30(16-18-31)19-22-9-6-8-21-7-4-5-10-25(21)22/h4-14H,3,15-20H2,1-2H3,(H,29,34). The monoisotopic (exact) mass is 472 g/mol. The van der Waals surface area contributed by atoms with E-state index in [2.05, 4.69) is 57.6 Å². The average molecular weight is 473 g/mol. The van der Waals surface area contributed by atoms with Crippen LogP contribution in [-0.2, 0) is 16.9 Å². The maximum absolute atomic E-state index is 13.5. The van der Waals surface area contributed by atoms with E-state index >= 15 is 0 Å². The molecule has 0 aliphatic carbocycles. The Hall–Kier alpha value is -3.42. The van der Waals surface area contributed by atoms with Crippen LogP contribution in [0.2, 0.25) is 0 Å². The van der Waals surface area contributed by atoms with E-state index in [9.17, 15) is 9.59 Å². The summed E-state index contributed by atoms with van der Waals surface area (Å²) in [6.07, 6.45) is 0.485. The molecule has 0 spiro atoms. The van der Waals surface area contributed by atoms with Crippen LogP contribution in [0, 0.1) is 0 Å². The van der Waals surface area contributed by atoms with Gasteiger partial charge in [0.15, 0.2) is 0 Å². The quantitative estimate of drug-likeness (QED) is 0.530. The molecule has 2 aliphatic heterocycles. The molecule has 7 nitrogen and oxygen atoms in total. The third-order valence-electron chi connectivity index (χ3n) is 7.37. The number of methoxy groups -OCH3 is 1. The van der Waals surface area contributed by atoms with Gasteiger partial charge in [0.1, 0.15) is 11.3 Å². The molecule has 0 radical (unpaired) electrons. The number of hydrogen-bond acceptors (Lipinski definition) is 5. The van der Waals surface area contributed by atoms with E-state index < -0.39 is 5.54 Å². The summed E-state index contributed by atoms with van der Waals surface area (Å²) < 4.78 is 5.24. The van der Waals surface area contributed by atoms with Crippen LogP contribution in [0.3, 0.4) is 0 Å². The average Bonchev–Trinajstić information content (AvgIpc) is 3.15. The molecule has 0 saturated carbocycles. The molecule has 1 N–H and O–H groups in total. The van der Waals surface area contributed by atoms with Crippen molar-refractivity contribution >= 4 is 22.7 Å². The summed E-state index contributed by atoms with van der Waals surface area (Å²) in [6, 6.07) is 22.0. The predicted molar refractivity (Wildman–Crippen MR) is 136 cm³/mol. The number of carbonyl (C=O) groups excluding carboxylic acids is 2. The normalized spacial score (nSPS) is 21.5. The number of benzene rings is 3. The summed E-state index contributed by atoms with van der Waals surface area (Å²) in [5, 5.41) is 5.54. The van der Waals surface area contributed by atoms with Gasteiger partial charge in [-0.15, -0.1) is 0 Å². The highest BCUT2D eigenvalue weighted by atomic mass is 16.5. The van der Waals surface area contributed by atoms with Crippen molar-refractivity contribution in [3.63, 3.8) is 0 Å². The number of ether oxygens (including phenoxy) is 1. The number of nitrogens with zero attached hydrogens (tertiary/aromatic N) is 3. The number of piperazine rings is 1. The Labute approximate surface area is 206 Å². The molecule has 3 aromatic rings. The zero-order chi connectivity index (χ0) is 24.4. The van der Waals surface area contributed by atoms with Crippen LogP contribution in [0.4, 0.5) is 4.79 Å². The van der Waals surface area contributed by atoms with Gasteiger partial charge in [0.05, 0.1) is 13.8 Å². The fraction of sp³-hybridized carbons (Fsp3) is 0.357. The van der Waals surface area contributed by atoms with Crippen LogP contribution in [-0.4, -0.2) is 66.6 Å². The minimum absolute atomic E-state index is 0.187. The summed E-state index contributed by atoms with van der Waals surface area (Å²) in [6.45, 7) is 6.54. The highest BCUT2D eigenvalue weighted by Crippen LogP contribution is 2.33. The lowest BCUT2D eigenvalue weighted by molar-refractivity contribution is -0.133. The van der Waals surface area contributed by atoms with Gasteiger partial charge in [0, 0.05) is 32.7 Å². The molecule has 3 amide bonds. The number of rotatable bonds is 7. The molecule has 2 heterocycles. The Kier molecular flexibility index (Phi) is 6.45. The van der Waals surface area contributed by atoms with Gasteiger partial charge >= 0.3 is 6.03 Å². The third kappa shape index (κ3) is 4.37. The zero-order valence-corrected chi connectivity index (χ0v) is 20.4. The first kappa shape index (κ1) is 23.3. The van der Waals surface area contributed by atoms with Crippen molar-refractivity contribution in [3.8, 4) is 5.75 Å². The van der Waals surface area contributed by atoms with Crippen molar-refractivity contribution in [1.82, 2.24) is 20.0 Å². The lowest BCUT2D eigenvalue weighted by Crippen LogP contribution is -2.51. The Bertz CT molecular complexity index is 1220. The maximum Gasteiger partial charge on any atom is 0.326 e. The summed E-state index contributed by atoms with van der Waals surface area (Å²) in [5.74, 6) is 0.531. The minimum atomic E-state index is -1.03. The first-order valence-corrected chi connectivity index (χ1v) is 12.2. The van der Waals surface area contributed by atoms with Crippen LogP contribution < -0.4 is 10.1 Å². The molecule has 1 atom stereocenters. The van der Waals surface area contributed by atoms with Gasteiger partial charge in [-0.3, -0.25) is 14.6 Å². The summed E-state index contributed by atoms with van der Waals surface area (Å²) in [7, 11) is 1.61. The van der Waals surface area contributed by atoms with Crippen molar-refractivity contribution in [2.24, 2.45) is 0 Å². The van der Waals surface area contributed by atoms with Gasteiger partial charge < -0.3 is 10.1 Å². The number of nitrogens with one attached hydrogen (secondary N) is 1. The number of hydrogen-bond donors (Lipinski definition) is 1. The van der Waals surface area contributed by atoms with E-state index in [0.717, 1.165) is 44.0 Å². The van der Waals surface area contributed by atoms with Crippen LogP contribution in [0.25, 0.3) is 10.8 Å². The van der Waals surface area contributed by atoms with E-state index in [0.29, 0.717) is 13.1 Å². The Morgan fingerprint density at radius 1 is 0.886 bits per heavy atom. The molecule has 7 heteroatoms. The van der Waals surface area contributed by atoms with Gasteiger partial charge in [-0.05, 0) is 40.5 Å². The molecule has 35 heavy (non-hydrogen) atoms. The molecule has 5 rings (SSSR count). The van der Waals surface area contributed by atoms with Gasteiger partial charge in [0.25, 0.3) is 5.91 Å². The smallest absolute Gasteiger partial charge is 0.326 e. The van der Waals surface area contributed by atoms with Gasteiger partial charge in [-0.25, -0.2) is 9.69 Å². The number of carbonyl (C=O) groups is 2. The molecule has 0 aromatic heterocycles. The van der Waals surface area contributed by atoms with E-state index in [1.54, 1.807) is 7.11 Å². The number of imide groups is 1. The maximum atomic E-state index is 13.5. The van der Waals surface area contributed by atoms with Crippen molar-refractivity contribution in [1.29, 1.82) is 0 Å². The summed E-state index contributed by atoms with van der Waals surface area (Å²) in [5.41, 5.74) is 1.08. The fourth-order valence-corrected chi connectivity index (χ4v) is 5.23. The molecule has 0 bridgehead atoms. The van der Waals surface area contributed by atoms with E-state index in [1.807, 2.05) is 31.2 Å². The van der Waals surface area contributed by atoms with Crippen LogP contribution in [0.1, 0.15) is 24.5 Å². The van der Waals surface area contributed by atoms with Crippen LogP contribution >= 0.6 is 0 Å². The number of fused-ring (bicyclic) bond motifs is 1. The number of amides is 3. The van der Waals surface area contributed by atoms with Crippen LogP contribution in [0.5, 0.6) is 5.75 Å². The highest BCUT2D eigenvalue weighted by Gasteiger charge is 2.51.